The zero-order valence-corrected chi connectivity index (χ0v) is 8.80. The lowest BCUT2D eigenvalue weighted by Gasteiger charge is -2.14. The predicted molar refractivity (Wildman–Crippen MR) is 53.4 cm³/mol. The van der Waals surface area contributed by atoms with Crippen LogP contribution in [-0.2, 0) is 11.8 Å². The maximum absolute atomic E-state index is 11.6. The molecule has 1 atom stereocenters. The first-order valence-electron chi connectivity index (χ1n) is 4.57. The highest BCUT2D eigenvalue weighted by atomic mass is 16.5. The van der Waals surface area contributed by atoms with Crippen LogP contribution in [0.1, 0.15) is 10.5 Å². The fourth-order valence-electron chi connectivity index (χ4n) is 1.20. The normalized spacial score (nSPS) is 12.5. The lowest BCUT2D eigenvalue weighted by atomic mass is 10.3. The third kappa shape index (κ3) is 3.03. The number of aromatic nitrogens is 2. The Labute approximate surface area is 87.8 Å². The van der Waals surface area contributed by atoms with Gasteiger partial charge in [-0.2, -0.15) is 5.10 Å². The lowest BCUT2D eigenvalue weighted by Crippen LogP contribution is -2.41. The van der Waals surface area contributed by atoms with Gasteiger partial charge in [0, 0.05) is 20.4 Å². The number of nitrogens with zero attached hydrogens (tertiary/aromatic N) is 2. The van der Waals surface area contributed by atoms with Crippen LogP contribution < -0.4 is 5.32 Å². The zero-order valence-electron chi connectivity index (χ0n) is 8.80. The van der Waals surface area contributed by atoms with Gasteiger partial charge in [-0.05, 0) is 6.07 Å². The first kappa shape index (κ1) is 11.7. The summed E-state index contributed by atoms with van der Waals surface area (Å²) in [6.07, 6.45) is 1.54. The van der Waals surface area contributed by atoms with Crippen molar-refractivity contribution in [2.45, 2.75) is 6.04 Å². The van der Waals surface area contributed by atoms with Crippen molar-refractivity contribution < 1.29 is 14.6 Å². The number of ether oxygens (including phenoxy) is 1. The minimum atomic E-state index is -0.391. The third-order valence-electron chi connectivity index (χ3n) is 1.98. The predicted octanol–water partition coefficient (Wildman–Crippen LogP) is -0.843. The monoisotopic (exact) mass is 213 g/mol. The summed E-state index contributed by atoms with van der Waals surface area (Å²) in [5.41, 5.74) is 0.449. The van der Waals surface area contributed by atoms with E-state index in [0.29, 0.717) is 5.69 Å². The molecule has 6 heteroatoms. The number of hydrogen-bond acceptors (Lipinski definition) is 4. The Morgan fingerprint density at radius 3 is 3.00 bits per heavy atom. The van der Waals surface area contributed by atoms with Crippen LogP contribution in [0.3, 0.4) is 0 Å². The number of rotatable bonds is 5. The van der Waals surface area contributed by atoms with Crippen LogP contribution in [0.5, 0.6) is 0 Å². The molecule has 0 bridgehead atoms. The van der Waals surface area contributed by atoms with Crippen molar-refractivity contribution in [3.8, 4) is 0 Å². The van der Waals surface area contributed by atoms with Gasteiger partial charge in [0.2, 0.25) is 0 Å². The van der Waals surface area contributed by atoms with Crippen molar-refractivity contribution in [3.63, 3.8) is 0 Å². The van der Waals surface area contributed by atoms with Gasteiger partial charge in [0.1, 0.15) is 5.69 Å². The summed E-state index contributed by atoms with van der Waals surface area (Å²) < 4.78 is 6.32. The molecular formula is C9H15N3O3. The molecule has 84 valence electrons. The highest BCUT2D eigenvalue weighted by Crippen LogP contribution is 1.97. The van der Waals surface area contributed by atoms with Crippen LogP contribution in [0.2, 0.25) is 0 Å². The van der Waals surface area contributed by atoms with Gasteiger partial charge in [-0.1, -0.05) is 0 Å². The van der Waals surface area contributed by atoms with E-state index in [0.717, 1.165) is 0 Å². The molecule has 1 heterocycles. The number of carbonyl (C=O) groups excluding carboxylic acids is 1. The molecule has 0 spiro atoms. The van der Waals surface area contributed by atoms with Crippen LogP contribution in [0, 0.1) is 0 Å². The minimum Gasteiger partial charge on any atom is -0.394 e. The second-order valence-electron chi connectivity index (χ2n) is 3.15. The number of amides is 1. The quantitative estimate of drug-likeness (QED) is 0.668. The van der Waals surface area contributed by atoms with Crippen molar-refractivity contribution in [1.29, 1.82) is 0 Å². The van der Waals surface area contributed by atoms with Gasteiger partial charge >= 0.3 is 0 Å². The average Bonchev–Trinajstić information content (AvgIpc) is 2.63. The van der Waals surface area contributed by atoms with Gasteiger partial charge in [-0.25, -0.2) is 0 Å². The molecule has 0 aliphatic carbocycles. The first-order valence-corrected chi connectivity index (χ1v) is 4.57. The van der Waals surface area contributed by atoms with Crippen LogP contribution in [-0.4, -0.2) is 47.2 Å². The molecule has 0 radical (unpaired) electrons. The Bertz CT molecular complexity index is 324. The number of methoxy groups -OCH3 is 1. The second-order valence-corrected chi connectivity index (χ2v) is 3.15. The lowest BCUT2D eigenvalue weighted by molar-refractivity contribution is 0.0831. The number of aliphatic hydroxyl groups excluding tert-OH is 1. The molecule has 0 fully saturated rings. The summed E-state index contributed by atoms with van der Waals surface area (Å²) in [5, 5.41) is 15.5. The first-order chi connectivity index (χ1) is 7.19. The molecule has 1 aromatic heterocycles. The maximum Gasteiger partial charge on any atom is 0.269 e. The number of aryl methyl sites for hydroxylation is 1. The van der Waals surface area contributed by atoms with Crippen molar-refractivity contribution in [1.82, 2.24) is 15.1 Å². The molecule has 0 aliphatic heterocycles. The molecule has 1 aromatic rings. The minimum absolute atomic E-state index is 0.155. The Morgan fingerprint density at radius 2 is 2.53 bits per heavy atom. The molecule has 1 unspecified atom stereocenters. The number of nitrogens with one attached hydrogen (secondary N) is 1. The molecule has 0 saturated carbocycles. The van der Waals surface area contributed by atoms with E-state index in [4.69, 9.17) is 9.84 Å². The summed E-state index contributed by atoms with van der Waals surface area (Å²) in [6, 6.07) is 1.22. The van der Waals surface area contributed by atoms with Crippen molar-refractivity contribution in [2.75, 3.05) is 20.3 Å². The maximum atomic E-state index is 11.6. The van der Waals surface area contributed by atoms with Gasteiger partial charge in [0.25, 0.3) is 5.91 Å². The molecule has 0 aliphatic rings. The van der Waals surface area contributed by atoms with E-state index >= 15 is 0 Å². The average molecular weight is 213 g/mol. The van der Waals surface area contributed by atoms with Crippen molar-refractivity contribution in [3.05, 3.63) is 18.0 Å². The molecule has 0 saturated heterocycles. The van der Waals surface area contributed by atoms with E-state index in [9.17, 15) is 4.79 Å². The van der Waals surface area contributed by atoms with Gasteiger partial charge in [0.05, 0.1) is 19.3 Å². The molecule has 1 amide bonds. The van der Waals surface area contributed by atoms with Gasteiger partial charge in [-0.15, -0.1) is 0 Å². The van der Waals surface area contributed by atoms with Crippen molar-refractivity contribution >= 4 is 5.91 Å². The van der Waals surface area contributed by atoms with E-state index in [1.807, 2.05) is 0 Å². The van der Waals surface area contributed by atoms with Crippen LogP contribution in [0.15, 0.2) is 12.3 Å². The highest BCUT2D eigenvalue weighted by Gasteiger charge is 2.14. The highest BCUT2D eigenvalue weighted by molar-refractivity contribution is 5.92. The van der Waals surface area contributed by atoms with E-state index in [1.165, 1.54) is 11.8 Å². The number of hydrogen-bond donors (Lipinski definition) is 2. The van der Waals surface area contributed by atoms with Gasteiger partial charge in [0.15, 0.2) is 0 Å². The Morgan fingerprint density at radius 1 is 1.80 bits per heavy atom. The van der Waals surface area contributed by atoms with Crippen LogP contribution in [0.4, 0.5) is 0 Å². The largest absolute Gasteiger partial charge is 0.394 e. The second kappa shape index (κ2) is 5.47. The Kier molecular flexibility index (Phi) is 4.26. The van der Waals surface area contributed by atoms with E-state index in [2.05, 4.69) is 10.4 Å². The Balaban J connectivity index is 2.58. The molecule has 15 heavy (non-hydrogen) atoms. The molecule has 6 nitrogen and oxygen atoms in total. The van der Waals surface area contributed by atoms with Crippen molar-refractivity contribution in [2.24, 2.45) is 7.05 Å². The molecular weight excluding hydrogens is 198 g/mol. The summed E-state index contributed by atoms with van der Waals surface area (Å²) >= 11 is 0. The fourth-order valence-corrected chi connectivity index (χ4v) is 1.20. The van der Waals surface area contributed by atoms with Crippen LogP contribution in [0.25, 0.3) is 0 Å². The summed E-state index contributed by atoms with van der Waals surface area (Å²) in [4.78, 5) is 11.6. The van der Waals surface area contributed by atoms with E-state index < -0.39 is 6.04 Å². The standard InChI is InChI=1S/C9H15N3O3/c1-12-8(3-4-10-12)9(14)11-7(5-13)6-15-2/h3-4,7,13H,5-6H2,1-2H3,(H,11,14). The van der Waals surface area contributed by atoms with E-state index in [1.54, 1.807) is 19.3 Å². The molecule has 0 aromatic carbocycles. The number of carbonyl (C=O) groups is 1. The number of aliphatic hydroxyl groups is 1. The topological polar surface area (TPSA) is 76.4 Å². The SMILES string of the molecule is COCC(CO)NC(=O)c1ccnn1C. The zero-order chi connectivity index (χ0) is 11.3. The fraction of sp³-hybridized carbons (Fsp3) is 0.556. The van der Waals surface area contributed by atoms with Gasteiger partial charge < -0.3 is 15.2 Å². The Hall–Kier alpha value is -1.40. The van der Waals surface area contributed by atoms with E-state index in [-0.39, 0.29) is 19.1 Å². The van der Waals surface area contributed by atoms with Gasteiger partial charge in [-0.3, -0.25) is 9.48 Å². The summed E-state index contributed by atoms with van der Waals surface area (Å²) in [7, 11) is 3.19. The molecule has 1 rings (SSSR count). The summed E-state index contributed by atoms with van der Waals surface area (Å²) in [6.45, 7) is 0.123. The van der Waals surface area contributed by atoms with Crippen LogP contribution >= 0.6 is 0 Å². The molecule has 2 N–H and O–H groups in total. The summed E-state index contributed by atoms with van der Waals surface area (Å²) in [5.74, 6) is -0.272. The third-order valence-corrected chi connectivity index (χ3v) is 1.98. The smallest absolute Gasteiger partial charge is 0.269 e.